The average Bonchev–Trinajstić information content (AvgIpc) is 3.16. The quantitative estimate of drug-likeness (QED) is 0.0216. The maximum atomic E-state index is 13.2. The van der Waals surface area contributed by atoms with Gasteiger partial charge in [-0.25, -0.2) is 26.3 Å². The highest BCUT2D eigenvalue weighted by Gasteiger charge is 2.21. The number of unbranched alkanes of at least 4 members (excludes halogenated alkanes) is 1. The minimum atomic E-state index is -3.64. The number of benzene rings is 8. The second-order valence-corrected chi connectivity index (χ2v) is 25.3. The van der Waals surface area contributed by atoms with Gasteiger partial charge in [-0.2, -0.15) is 5.26 Å². The Bertz CT molecular complexity index is 3670. The van der Waals surface area contributed by atoms with Crippen molar-refractivity contribution in [3.8, 4) is 17.6 Å². The number of hydrogen-bond donors (Lipinski definition) is 2. The summed E-state index contributed by atoms with van der Waals surface area (Å²) < 4.78 is 69.3. The highest BCUT2D eigenvalue weighted by atomic mass is 32.2. The number of ketones is 2. The van der Waals surface area contributed by atoms with Crippen molar-refractivity contribution in [2.75, 3.05) is 112 Å². The number of nitriles is 1. The predicted octanol–water partition coefficient (Wildman–Crippen LogP) is 12.6. The number of anilines is 2. The Hall–Kier alpha value is -7.95. The predicted molar refractivity (Wildman–Crippen MR) is 357 cm³/mol. The van der Waals surface area contributed by atoms with E-state index in [0.717, 1.165) is 107 Å². The fourth-order valence-corrected chi connectivity index (χ4v) is 11.9. The summed E-state index contributed by atoms with van der Waals surface area (Å²) in [5.41, 5.74) is 4.69. The van der Waals surface area contributed by atoms with Crippen LogP contribution in [-0.2, 0) is 20.0 Å². The molecule has 8 aromatic carbocycles. The van der Waals surface area contributed by atoms with Crippen LogP contribution in [0.4, 0.5) is 11.4 Å². The molecule has 17 heteroatoms. The van der Waals surface area contributed by atoms with E-state index in [4.69, 9.17) is 14.7 Å². The summed E-state index contributed by atoms with van der Waals surface area (Å²) in [5.74, 6) is 1.59. The number of carbonyl (C=O) groups excluding carboxylic acids is 2. The normalized spacial score (nSPS) is 11.1. The molecule has 0 aliphatic heterocycles. The molecule has 0 atom stereocenters. The van der Waals surface area contributed by atoms with Crippen molar-refractivity contribution < 1.29 is 40.4 Å². The number of rotatable bonds is 27. The first-order valence-corrected chi connectivity index (χ1v) is 31.9. The molecule has 0 aliphatic carbocycles. The van der Waals surface area contributed by atoms with Crippen molar-refractivity contribution in [2.24, 2.45) is 0 Å². The van der Waals surface area contributed by atoms with Crippen LogP contribution < -0.4 is 28.7 Å². The Morgan fingerprint density at radius 1 is 0.483 bits per heavy atom. The van der Waals surface area contributed by atoms with E-state index in [9.17, 15) is 26.4 Å². The Balaban J connectivity index is 0.000000297. The van der Waals surface area contributed by atoms with Gasteiger partial charge in [-0.1, -0.05) is 123 Å². The lowest BCUT2D eigenvalue weighted by Crippen LogP contribution is -2.43. The fraction of sp³-hybridized carbons (Fsp3) is 0.314. The number of sulfonamides is 2. The van der Waals surface area contributed by atoms with Crippen LogP contribution in [0.25, 0.3) is 21.5 Å². The van der Waals surface area contributed by atoms with Gasteiger partial charge in [0, 0.05) is 116 Å². The minimum absolute atomic E-state index is 0. The monoisotopic (exact) mass is 1220 g/mol. The largest absolute Gasteiger partial charge is 0.494 e. The molecule has 8 rings (SSSR count). The number of carbonyl (C=O) groups is 2. The van der Waals surface area contributed by atoms with Crippen molar-refractivity contribution in [1.82, 2.24) is 14.3 Å². The third-order valence-corrected chi connectivity index (χ3v) is 16.9. The Kier molecular flexibility index (Phi) is 29.3. The molecule has 0 aliphatic rings. The van der Waals surface area contributed by atoms with E-state index >= 15 is 0 Å². The highest BCUT2D eigenvalue weighted by molar-refractivity contribution is 7.90. The zero-order valence-electron chi connectivity index (χ0n) is 52.6. The lowest BCUT2D eigenvalue weighted by molar-refractivity contribution is -0.890. The maximum Gasteiger partial charge on any atom is 0.241 e. The summed E-state index contributed by atoms with van der Waals surface area (Å²) in [6.07, 6.45) is 4.51. The number of nitrogens with one attached hydrogen (secondary N) is 2. The molecular weight excluding hydrogens is 1130 g/mol. The topological polar surface area (TPSA) is 178 Å². The van der Waals surface area contributed by atoms with Crippen molar-refractivity contribution in [1.29, 1.82) is 5.26 Å². The SMILES string of the molecule is CC#N.CCCCOc1ccc(C(=O)c2ccccc2)cc1.CN(C)CCCNS(=O)(=O)c1cccc2c(N(C)C)cccc12.CN(C)c1cccc2c(S(=O)(=O)NCCC[N+](C)(C)CCCOc3ccc(C(=O)c4ccccc4)cc3)cccc12.[CH3-]. The number of ether oxygens (including phenoxy) is 2. The fourth-order valence-electron chi connectivity index (χ4n) is 9.29. The van der Waals surface area contributed by atoms with E-state index in [1.54, 1.807) is 42.5 Å². The molecule has 0 saturated heterocycles. The van der Waals surface area contributed by atoms with E-state index in [0.29, 0.717) is 51.7 Å². The standard InChI is InChI=1S/C33H40N3O4S.C17H25N3O2S.C17H18O2.C2H3N.CH3/c1-35(2)31-16-8-15-30-29(31)14-9-17-32(30)41(38,39)34-22-10-23-36(3,4)24-11-25-40-28-20-18-27(19-21-28)33(37)26-12-6-5-7-13-26;1-19(2)13-7-12-18-23(21,22)17-11-6-8-14-15(17)9-5-10-16(14)20(3)4;1-2-3-13-19-16-11-9-15(10-12-16)17(18)14-7-5-4-6-8-14;1-2-3;/h5-9,12-21,34H,10-11,22-25H2,1-4H3;5-6,8-11,18H,7,12-13H2,1-4H3;4-12H,2-3,13H2,1H3;1H3;1H3/q+1;;;;-1. The number of hydrogen-bond acceptors (Lipinski definition) is 12. The van der Waals surface area contributed by atoms with Crippen LogP contribution in [0.2, 0.25) is 0 Å². The molecule has 464 valence electrons. The highest BCUT2D eigenvalue weighted by Crippen LogP contribution is 2.32. The van der Waals surface area contributed by atoms with Crippen molar-refractivity contribution in [2.45, 2.75) is 55.7 Å². The molecule has 0 saturated carbocycles. The Morgan fingerprint density at radius 3 is 1.23 bits per heavy atom. The second kappa shape index (κ2) is 35.6. The smallest absolute Gasteiger partial charge is 0.241 e. The van der Waals surface area contributed by atoms with Gasteiger partial charge in [-0.15, -0.1) is 0 Å². The molecule has 0 bridgehead atoms. The zero-order valence-corrected chi connectivity index (χ0v) is 54.3. The lowest BCUT2D eigenvalue weighted by atomic mass is 10.0. The third kappa shape index (κ3) is 22.4. The van der Waals surface area contributed by atoms with Crippen LogP contribution in [0.5, 0.6) is 11.5 Å². The Labute approximate surface area is 518 Å². The third-order valence-electron chi connectivity index (χ3n) is 13.8. The molecule has 0 fully saturated rings. The molecule has 87 heavy (non-hydrogen) atoms. The summed E-state index contributed by atoms with van der Waals surface area (Å²) in [6, 6.07) is 57.2. The lowest BCUT2D eigenvalue weighted by Gasteiger charge is -2.30. The number of quaternary nitrogens is 1. The molecule has 0 amide bonds. The maximum absolute atomic E-state index is 13.2. The van der Waals surface area contributed by atoms with Crippen LogP contribution in [0.3, 0.4) is 0 Å². The van der Waals surface area contributed by atoms with E-state index in [2.05, 4.69) is 30.5 Å². The molecule has 15 nitrogen and oxygen atoms in total. The van der Waals surface area contributed by atoms with Crippen molar-refractivity contribution in [3.05, 3.63) is 212 Å². The number of nitrogens with zero attached hydrogens (tertiary/aromatic N) is 5. The van der Waals surface area contributed by atoms with Gasteiger partial charge >= 0.3 is 0 Å². The average molecular weight is 1220 g/mol. The molecule has 2 N–H and O–H groups in total. The summed E-state index contributed by atoms with van der Waals surface area (Å²) >= 11 is 0. The van der Waals surface area contributed by atoms with E-state index < -0.39 is 20.0 Å². The van der Waals surface area contributed by atoms with Gasteiger partial charge in [0.2, 0.25) is 20.0 Å². The van der Waals surface area contributed by atoms with Gasteiger partial charge in [0.15, 0.2) is 11.6 Å². The van der Waals surface area contributed by atoms with Gasteiger partial charge in [0.25, 0.3) is 0 Å². The van der Waals surface area contributed by atoms with Crippen LogP contribution in [0.15, 0.2) is 192 Å². The van der Waals surface area contributed by atoms with Gasteiger partial charge in [-0.05, 0) is 106 Å². The minimum Gasteiger partial charge on any atom is -0.494 e. The van der Waals surface area contributed by atoms with Gasteiger partial charge < -0.3 is 36.1 Å². The first-order chi connectivity index (χ1) is 41.1. The molecular formula is C70H89N7O8S2. The van der Waals surface area contributed by atoms with Gasteiger partial charge in [0.05, 0.1) is 56.3 Å². The van der Waals surface area contributed by atoms with Crippen LogP contribution in [0, 0.1) is 18.8 Å². The van der Waals surface area contributed by atoms with Crippen LogP contribution in [0.1, 0.15) is 77.8 Å². The first-order valence-electron chi connectivity index (χ1n) is 28.9. The van der Waals surface area contributed by atoms with E-state index in [1.807, 2.05) is 203 Å². The van der Waals surface area contributed by atoms with Gasteiger partial charge in [-0.3, -0.25) is 9.59 Å². The van der Waals surface area contributed by atoms with Crippen molar-refractivity contribution in [3.63, 3.8) is 0 Å². The van der Waals surface area contributed by atoms with E-state index in [1.165, 1.54) is 6.92 Å². The van der Waals surface area contributed by atoms with Crippen LogP contribution in [-0.4, -0.2) is 140 Å². The molecule has 8 aromatic rings. The van der Waals surface area contributed by atoms with Gasteiger partial charge in [0.1, 0.15) is 11.5 Å². The molecule has 0 radical (unpaired) electrons. The summed E-state index contributed by atoms with van der Waals surface area (Å²) in [7, 11) is 8.90. The summed E-state index contributed by atoms with van der Waals surface area (Å²) in [6.45, 7) is 8.24. The molecule has 0 aromatic heterocycles. The summed E-state index contributed by atoms with van der Waals surface area (Å²) in [5, 5.41) is 10.6. The van der Waals surface area contributed by atoms with Crippen molar-refractivity contribution >= 4 is 64.5 Å². The second-order valence-electron chi connectivity index (χ2n) is 21.8. The first kappa shape index (κ1) is 71.5. The number of fused-ring (bicyclic) bond motifs is 2. The Morgan fingerprint density at radius 2 is 0.839 bits per heavy atom. The molecule has 0 unspecified atom stereocenters. The summed E-state index contributed by atoms with van der Waals surface area (Å²) in [4.78, 5) is 31.4. The zero-order chi connectivity index (χ0) is 62.7. The van der Waals surface area contributed by atoms with E-state index in [-0.39, 0.29) is 19.0 Å². The molecule has 0 spiro atoms. The van der Waals surface area contributed by atoms with Crippen LogP contribution >= 0.6 is 0 Å². The molecule has 0 heterocycles.